The van der Waals surface area contributed by atoms with Gasteiger partial charge in [0.2, 0.25) is 5.88 Å². The van der Waals surface area contributed by atoms with Gasteiger partial charge < -0.3 is 24.7 Å². The van der Waals surface area contributed by atoms with Gasteiger partial charge in [0.05, 0.1) is 12.5 Å². The molecule has 0 aliphatic carbocycles. The second kappa shape index (κ2) is 11.1. The summed E-state index contributed by atoms with van der Waals surface area (Å²) in [6.45, 7) is 2.53. The Labute approximate surface area is 204 Å². The fourth-order valence-corrected chi connectivity index (χ4v) is 3.75. The van der Waals surface area contributed by atoms with Crippen LogP contribution in [-0.2, 0) is 4.79 Å². The number of esters is 1. The average Bonchev–Trinajstić information content (AvgIpc) is 2.88. The van der Waals surface area contributed by atoms with Gasteiger partial charge in [0.25, 0.3) is 0 Å². The molecule has 7 heteroatoms. The fraction of sp³-hybridized carbons (Fsp3) is 0.214. The number of fused-ring (bicyclic) bond motifs is 1. The van der Waals surface area contributed by atoms with E-state index in [4.69, 9.17) is 24.7 Å². The molecule has 1 aliphatic rings. The summed E-state index contributed by atoms with van der Waals surface area (Å²) in [5, 5.41) is 9.77. The van der Waals surface area contributed by atoms with Gasteiger partial charge in [0.15, 0.2) is 6.61 Å². The monoisotopic (exact) mass is 470 g/mol. The van der Waals surface area contributed by atoms with E-state index in [9.17, 15) is 10.1 Å². The average molecular weight is 471 g/mol. The van der Waals surface area contributed by atoms with Crippen LogP contribution in [0.3, 0.4) is 0 Å². The summed E-state index contributed by atoms with van der Waals surface area (Å²) in [4.78, 5) is 12.3. The van der Waals surface area contributed by atoms with Gasteiger partial charge in [-0.1, -0.05) is 49.7 Å². The van der Waals surface area contributed by atoms with E-state index in [-0.39, 0.29) is 18.2 Å². The first-order chi connectivity index (χ1) is 17.1. The number of hydrogen-bond donors (Lipinski definition) is 1. The van der Waals surface area contributed by atoms with Gasteiger partial charge in [-0.25, -0.2) is 4.79 Å². The van der Waals surface area contributed by atoms with Gasteiger partial charge in [-0.2, -0.15) is 5.26 Å². The van der Waals surface area contributed by atoms with Crippen LogP contribution in [-0.4, -0.2) is 19.2 Å². The normalized spacial score (nSPS) is 14.3. The van der Waals surface area contributed by atoms with Crippen LogP contribution in [0.2, 0.25) is 0 Å². The van der Waals surface area contributed by atoms with Crippen molar-refractivity contribution in [2.24, 2.45) is 5.73 Å². The molecular formula is C28H26N2O5. The summed E-state index contributed by atoms with van der Waals surface area (Å²) >= 11 is 0. The molecule has 7 nitrogen and oxygen atoms in total. The number of carbonyl (C=O) groups is 1. The predicted octanol–water partition coefficient (Wildman–Crippen LogP) is 5.07. The maximum absolute atomic E-state index is 12.3. The SMILES string of the molecule is CCCCOc1ccc(C2C(C#N)=C(N)Oc3cc(OC(=O)COc4ccccc4)ccc32)cc1. The van der Waals surface area contributed by atoms with Gasteiger partial charge in [-0.3, -0.25) is 0 Å². The van der Waals surface area contributed by atoms with Crippen molar-refractivity contribution in [3.63, 3.8) is 0 Å². The van der Waals surface area contributed by atoms with Crippen LogP contribution in [0.5, 0.6) is 23.0 Å². The van der Waals surface area contributed by atoms with Gasteiger partial charge in [-0.15, -0.1) is 0 Å². The Bertz CT molecular complexity index is 1250. The predicted molar refractivity (Wildman–Crippen MR) is 130 cm³/mol. The van der Waals surface area contributed by atoms with E-state index < -0.39 is 11.9 Å². The van der Waals surface area contributed by atoms with Gasteiger partial charge >= 0.3 is 5.97 Å². The first-order valence-corrected chi connectivity index (χ1v) is 11.4. The lowest BCUT2D eigenvalue weighted by molar-refractivity contribution is -0.136. The highest BCUT2D eigenvalue weighted by molar-refractivity contribution is 5.74. The Hall–Kier alpha value is -4.44. The molecule has 0 aromatic heterocycles. The van der Waals surface area contributed by atoms with Crippen LogP contribution in [0.15, 0.2) is 84.3 Å². The largest absolute Gasteiger partial charge is 0.494 e. The highest BCUT2D eigenvalue weighted by Crippen LogP contribution is 2.43. The molecule has 0 amide bonds. The highest BCUT2D eigenvalue weighted by atomic mass is 16.6. The fourth-order valence-electron chi connectivity index (χ4n) is 3.75. The second-order valence-corrected chi connectivity index (χ2v) is 7.97. The third-order valence-corrected chi connectivity index (χ3v) is 5.50. The van der Waals surface area contributed by atoms with Gasteiger partial charge in [-0.05, 0) is 42.3 Å². The standard InChI is InChI=1S/C28H26N2O5/c1-2-3-15-32-21-11-9-19(10-12-21)27-23-14-13-22(16-25(23)35-28(30)24(27)17-29)34-26(31)18-33-20-7-5-4-6-8-20/h4-14,16,27H,2-3,15,18,30H2,1H3. The Morgan fingerprint density at radius 3 is 2.43 bits per heavy atom. The number of hydrogen-bond acceptors (Lipinski definition) is 7. The van der Waals surface area contributed by atoms with E-state index in [1.54, 1.807) is 30.3 Å². The summed E-state index contributed by atoms with van der Waals surface area (Å²) < 4.78 is 22.3. The number of ether oxygens (including phenoxy) is 4. The van der Waals surface area contributed by atoms with E-state index in [1.165, 1.54) is 0 Å². The first kappa shape index (κ1) is 23.7. The second-order valence-electron chi connectivity index (χ2n) is 7.97. The minimum absolute atomic E-state index is 0.0177. The van der Waals surface area contributed by atoms with E-state index in [1.807, 2.05) is 42.5 Å². The number of nitrogens with zero attached hydrogens (tertiary/aromatic N) is 1. The maximum Gasteiger partial charge on any atom is 0.349 e. The number of carbonyl (C=O) groups excluding carboxylic acids is 1. The van der Waals surface area contributed by atoms with Gasteiger partial charge in [0, 0.05) is 11.6 Å². The van der Waals surface area contributed by atoms with Crippen molar-refractivity contribution in [2.45, 2.75) is 25.7 Å². The highest BCUT2D eigenvalue weighted by Gasteiger charge is 2.31. The van der Waals surface area contributed by atoms with Crippen LogP contribution >= 0.6 is 0 Å². The molecular weight excluding hydrogens is 444 g/mol. The molecule has 1 heterocycles. The van der Waals surface area contributed by atoms with Crippen molar-refractivity contribution in [2.75, 3.05) is 13.2 Å². The number of nitriles is 1. The van der Waals surface area contributed by atoms with Crippen LogP contribution < -0.4 is 24.7 Å². The molecule has 0 bridgehead atoms. The minimum atomic E-state index is -0.555. The number of para-hydroxylation sites is 1. The van der Waals surface area contributed by atoms with Crippen LogP contribution in [0, 0.1) is 11.3 Å². The lowest BCUT2D eigenvalue weighted by Crippen LogP contribution is -2.21. The number of allylic oxidation sites excluding steroid dienone is 1. The molecule has 0 radical (unpaired) electrons. The Kier molecular flexibility index (Phi) is 7.53. The minimum Gasteiger partial charge on any atom is -0.494 e. The van der Waals surface area contributed by atoms with Crippen molar-refractivity contribution >= 4 is 5.97 Å². The quantitative estimate of drug-likeness (QED) is 0.265. The number of benzene rings is 3. The summed E-state index contributed by atoms with van der Waals surface area (Å²) in [6.07, 6.45) is 2.04. The number of rotatable bonds is 9. The first-order valence-electron chi connectivity index (χ1n) is 11.4. The van der Waals surface area contributed by atoms with Crippen molar-refractivity contribution < 1.29 is 23.7 Å². The third-order valence-electron chi connectivity index (χ3n) is 5.50. The maximum atomic E-state index is 12.3. The van der Waals surface area contributed by atoms with Crippen molar-refractivity contribution in [1.82, 2.24) is 0 Å². The molecule has 1 aliphatic heterocycles. The molecule has 0 saturated carbocycles. The van der Waals surface area contributed by atoms with Crippen molar-refractivity contribution in [3.05, 3.63) is 95.4 Å². The van der Waals surface area contributed by atoms with Crippen LogP contribution in [0.4, 0.5) is 0 Å². The molecule has 2 N–H and O–H groups in total. The summed E-state index contributed by atoms with van der Waals surface area (Å²) in [5.41, 5.74) is 8.03. The zero-order valence-electron chi connectivity index (χ0n) is 19.4. The summed E-state index contributed by atoms with van der Waals surface area (Å²) in [6, 6.07) is 23.8. The summed E-state index contributed by atoms with van der Waals surface area (Å²) in [5.74, 6) is 1.10. The van der Waals surface area contributed by atoms with E-state index in [0.29, 0.717) is 23.7 Å². The Morgan fingerprint density at radius 1 is 1.00 bits per heavy atom. The Morgan fingerprint density at radius 2 is 1.71 bits per heavy atom. The molecule has 35 heavy (non-hydrogen) atoms. The number of unbranched alkanes of at least 4 members (excludes halogenated alkanes) is 1. The topological polar surface area (TPSA) is 104 Å². The van der Waals surface area contributed by atoms with Crippen molar-refractivity contribution in [3.8, 4) is 29.1 Å². The molecule has 0 spiro atoms. The smallest absolute Gasteiger partial charge is 0.349 e. The molecule has 1 atom stereocenters. The molecule has 3 aromatic rings. The zero-order valence-corrected chi connectivity index (χ0v) is 19.4. The summed E-state index contributed by atoms with van der Waals surface area (Å²) in [7, 11) is 0. The third kappa shape index (κ3) is 5.74. The molecule has 0 fully saturated rings. The molecule has 1 unspecified atom stereocenters. The zero-order chi connectivity index (χ0) is 24.6. The lowest BCUT2D eigenvalue weighted by atomic mass is 9.83. The van der Waals surface area contributed by atoms with Crippen LogP contribution in [0.25, 0.3) is 0 Å². The number of nitrogens with two attached hydrogens (primary N) is 1. The lowest BCUT2D eigenvalue weighted by Gasteiger charge is -2.26. The van der Waals surface area contributed by atoms with Crippen molar-refractivity contribution in [1.29, 1.82) is 5.26 Å². The van der Waals surface area contributed by atoms with E-state index in [2.05, 4.69) is 13.0 Å². The molecule has 3 aromatic carbocycles. The van der Waals surface area contributed by atoms with E-state index in [0.717, 1.165) is 29.7 Å². The van der Waals surface area contributed by atoms with Gasteiger partial charge in [0.1, 0.15) is 34.6 Å². The molecule has 4 rings (SSSR count). The Balaban J connectivity index is 1.51. The van der Waals surface area contributed by atoms with Crippen LogP contribution in [0.1, 0.15) is 36.8 Å². The molecule has 0 saturated heterocycles. The van der Waals surface area contributed by atoms with E-state index >= 15 is 0 Å². The molecule has 178 valence electrons.